The third kappa shape index (κ3) is 4.37. The molecular formula is C26H28N2O6. The number of hydrogen-bond acceptors (Lipinski definition) is 5. The van der Waals surface area contributed by atoms with E-state index in [0.29, 0.717) is 19.6 Å². The number of amides is 2. The van der Waals surface area contributed by atoms with Crippen LogP contribution in [0.15, 0.2) is 48.5 Å². The quantitative estimate of drug-likeness (QED) is 0.623. The van der Waals surface area contributed by atoms with Crippen LogP contribution in [0.2, 0.25) is 0 Å². The maximum Gasteiger partial charge on any atom is 0.407 e. The summed E-state index contributed by atoms with van der Waals surface area (Å²) in [4.78, 5) is 37.3. The first-order valence-corrected chi connectivity index (χ1v) is 11.6. The Balaban J connectivity index is 1.06. The molecule has 2 aromatic rings. The number of likely N-dealkylation sites (tertiary alicyclic amines) is 1. The zero-order valence-corrected chi connectivity index (χ0v) is 19.0. The highest BCUT2D eigenvalue weighted by molar-refractivity contribution is 5.83. The molecular weight excluding hydrogens is 436 g/mol. The lowest BCUT2D eigenvalue weighted by atomic mass is 9.95. The van der Waals surface area contributed by atoms with Crippen LogP contribution >= 0.6 is 0 Å². The molecule has 3 aliphatic rings. The molecule has 1 saturated carbocycles. The molecule has 0 spiro atoms. The van der Waals surface area contributed by atoms with Gasteiger partial charge in [0, 0.05) is 18.4 Å². The van der Waals surface area contributed by atoms with Crippen molar-refractivity contribution in [2.75, 3.05) is 32.8 Å². The van der Waals surface area contributed by atoms with Gasteiger partial charge < -0.3 is 24.8 Å². The molecule has 8 heteroatoms. The van der Waals surface area contributed by atoms with E-state index in [9.17, 15) is 14.4 Å². The number of benzene rings is 2. The number of carbonyl (C=O) groups excluding carboxylic acids is 2. The zero-order valence-electron chi connectivity index (χ0n) is 19.0. The lowest BCUT2D eigenvalue weighted by Gasteiger charge is -2.47. The molecule has 2 aromatic carbocycles. The van der Waals surface area contributed by atoms with Gasteiger partial charge >= 0.3 is 12.1 Å². The van der Waals surface area contributed by atoms with Gasteiger partial charge in [0.2, 0.25) is 5.91 Å². The maximum absolute atomic E-state index is 12.6. The number of hydrogen-bond donors (Lipinski definition) is 2. The van der Waals surface area contributed by atoms with Gasteiger partial charge in [-0.15, -0.1) is 0 Å². The number of carboxylic acid groups (broad SMARTS) is 1. The molecule has 1 heterocycles. The van der Waals surface area contributed by atoms with Crippen LogP contribution in [-0.4, -0.2) is 66.4 Å². The summed E-state index contributed by atoms with van der Waals surface area (Å²) in [5.74, 6) is -0.988. The predicted molar refractivity (Wildman–Crippen MR) is 123 cm³/mol. The van der Waals surface area contributed by atoms with E-state index in [4.69, 9.17) is 14.6 Å². The molecule has 1 aliphatic heterocycles. The van der Waals surface area contributed by atoms with Gasteiger partial charge in [-0.1, -0.05) is 48.5 Å². The van der Waals surface area contributed by atoms with E-state index in [1.54, 1.807) is 4.90 Å². The Kier molecular flexibility index (Phi) is 5.77. The van der Waals surface area contributed by atoms with Crippen molar-refractivity contribution in [2.45, 2.75) is 24.9 Å². The van der Waals surface area contributed by atoms with Crippen LogP contribution in [0.1, 0.15) is 30.4 Å². The van der Waals surface area contributed by atoms with Gasteiger partial charge in [-0.3, -0.25) is 4.79 Å². The van der Waals surface area contributed by atoms with Gasteiger partial charge in [0.05, 0.1) is 13.1 Å². The van der Waals surface area contributed by atoms with Crippen molar-refractivity contribution in [3.8, 4) is 11.1 Å². The molecule has 0 bridgehead atoms. The van der Waals surface area contributed by atoms with Crippen molar-refractivity contribution in [3.05, 3.63) is 59.7 Å². The van der Waals surface area contributed by atoms with Gasteiger partial charge in [0.25, 0.3) is 0 Å². The van der Waals surface area contributed by atoms with Gasteiger partial charge in [-0.05, 0) is 41.5 Å². The first kappa shape index (κ1) is 22.4. The van der Waals surface area contributed by atoms with Crippen molar-refractivity contribution in [1.82, 2.24) is 10.2 Å². The average molecular weight is 465 g/mol. The number of fused-ring (bicyclic) bond motifs is 3. The van der Waals surface area contributed by atoms with Crippen LogP contribution in [-0.2, 0) is 19.1 Å². The van der Waals surface area contributed by atoms with Crippen LogP contribution in [0.4, 0.5) is 4.79 Å². The predicted octanol–water partition coefficient (Wildman–Crippen LogP) is 2.86. The number of alkyl carbamates (subject to hydrolysis) is 1. The minimum Gasteiger partial charge on any atom is -0.480 e. The summed E-state index contributed by atoms with van der Waals surface area (Å²) in [6, 6.07) is 16.4. The molecule has 0 radical (unpaired) electrons. The second-order valence-electron chi connectivity index (χ2n) is 9.64. The lowest BCUT2D eigenvalue weighted by Crippen LogP contribution is -2.63. The second kappa shape index (κ2) is 8.76. The van der Waals surface area contributed by atoms with E-state index in [1.165, 1.54) is 22.3 Å². The van der Waals surface area contributed by atoms with Crippen molar-refractivity contribution in [1.29, 1.82) is 0 Å². The summed E-state index contributed by atoms with van der Waals surface area (Å²) < 4.78 is 10.9. The van der Waals surface area contributed by atoms with Crippen molar-refractivity contribution in [3.63, 3.8) is 0 Å². The highest BCUT2D eigenvalue weighted by atomic mass is 16.5. The maximum atomic E-state index is 12.6. The fraction of sp³-hybridized carbons (Fsp3) is 0.423. The summed E-state index contributed by atoms with van der Waals surface area (Å²) in [5.41, 5.74) is 4.10. The molecule has 1 saturated heterocycles. The number of aliphatic carboxylic acids is 1. The number of carboxylic acids is 1. The Morgan fingerprint density at radius 1 is 1.06 bits per heavy atom. The molecule has 2 amide bonds. The Labute approximate surface area is 197 Å². The third-order valence-corrected chi connectivity index (χ3v) is 7.00. The summed E-state index contributed by atoms with van der Waals surface area (Å²) >= 11 is 0. The van der Waals surface area contributed by atoms with Crippen LogP contribution in [0.25, 0.3) is 11.1 Å². The first-order valence-electron chi connectivity index (χ1n) is 11.6. The smallest absolute Gasteiger partial charge is 0.407 e. The number of nitrogens with one attached hydrogen (secondary N) is 1. The molecule has 0 aromatic heterocycles. The molecule has 2 N–H and O–H groups in total. The average Bonchev–Trinajstić information content (AvgIpc) is 3.53. The third-order valence-electron chi connectivity index (χ3n) is 7.00. The molecule has 0 unspecified atom stereocenters. The van der Waals surface area contributed by atoms with Crippen molar-refractivity contribution >= 4 is 18.0 Å². The standard InChI is InChI=1S/C26H28N2O6/c1-26(34-13-23(29)30)14-28(15-26)24(31)21-10-16(21)11-27-25(32)33-12-22-19-8-4-2-6-17(19)18-7-3-5-9-20(18)22/h2-9,16,21-22H,10-15H2,1H3,(H,27,32)(H,29,30)/t16-,21-/m1/s1. The topological polar surface area (TPSA) is 105 Å². The Hall–Kier alpha value is -3.39. The van der Waals surface area contributed by atoms with Crippen molar-refractivity contribution < 1.29 is 29.0 Å². The summed E-state index contributed by atoms with van der Waals surface area (Å²) in [7, 11) is 0. The normalized spacial score (nSPS) is 21.7. The molecule has 34 heavy (non-hydrogen) atoms. The minimum absolute atomic E-state index is 0.0116. The molecule has 178 valence electrons. The Morgan fingerprint density at radius 2 is 1.68 bits per heavy atom. The highest BCUT2D eigenvalue weighted by Gasteiger charge is 2.50. The van der Waals surface area contributed by atoms with E-state index < -0.39 is 17.7 Å². The lowest BCUT2D eigenvalue weighted by molar-refractivity contribution is -0.174. The van der Waals surface area contributed by atoms with E-state index >= 15 is 0 Å². The largest absolute Gasteiger partial charge is 0.480 e. The molecule has 2 atom stereocenters. The van der Waals surface area contributed by atoms with E-state index in [-0.39, 0.29) is 36.9 Å². The van der Waals surface area contributed by atoms with Gasteiger partial charge in [0.15, 0.2) is 0 Å². The number of rotatable bonds is 8. The number of ether oxygens (including phenoxy) is 2. The van der Waals surface area contributed by atoms with Gasteiger partial charge in [-0.25, -0.2) is 9.59 Å². The van der Waals surface area contributed by atoms with Gasteiger partial charge in [-0.2, -0.15) is 0 Å². The zero-order chi connectivity index (χ0) is 23.9. The van der Waals surface area contributed by atoms with Crippen LogP contribution in [0, 0.1) is 11.8 Å². The molecule has 2 fully saturated rings. The SMILES string of the molecule is CC1(OCC(=O)O)CN(C(=O)[C@@H]2C[C@@H]2CNC(=O)OCC2c3ccccc3-c3ccccc32)C1. The molecule has 8 nitrogen and oxygen atoms in total. The fourth-order valence-electron chi connectivity index (χ4n) is 5.12. The van der Waals surface area contributed by atoms with E-state index in [1.807, 2.05) is 31.2 Å². The summed E-state index contributed by atoms with van der Waals surface area (Å²) in [5, 5.41) is 11.5. The molecule has 2 aliphatic carbocycles. The minimum atomic E-state index is -1.02. The Morgan fingerprint density at radius 3 is 2.29 bits per heavy atom. The first-order chi connectivity index (χ1) is 16.3. The Bertz CT molecular complexity index is 1080. The van der Waals surface area contributed by atoms with Gasteiger partial charge in [0.1, 0.15) is 18.8 Å². The summed E-state index contributed by atoms with van der Waals surface area (Å²) in [6.45, 7) is 2.88. The van der Waals surface area contributed by atoms with Crippen LogP contribution < -0.4 is 5.32 Å². The monoisotopic (exact) mass is 464 g/mol. The highest BCUT2D eigenvalue weighted by Crippen LogP contribution is 2.44. The summed E-state index contributed by atoms with van der Waals surface area (Å²) in [6.07, 6.45) is 0.254. The van der Waals surface area contributed by atoms with E-state index in [0.717, 1.165) is 6.42 Å². The van der Waals surface area contributed by atoms with E-state index in [2.05, 4.69) is 29.6 Å². The number of carbonyl (C=O) groups is 3. The molecule has 5 rings (SSSR count). The van der Waals surface area contributed by atoms with Crippen LogP contribution in [0.3, 0.4) is 0 Å². The number of nitrogens with zero attached hydrogens (tertiary/aromatic N) is 1. The second-order valence-corrected chi connectivity index (χ2v) is 9.64. The van der Waals surface area contributed by atoms with Crippen LogP contribution in [0.5, 0.6) is 0 Å². The van der Waals surface area contributed by atoms with Crippen molar-refractivity contribution in [2.24, 2.45) is 11.8 Å². The fourth-order valence-corrected chi connectivity index (χ4v) is 5.12.